The molecule has 5 nitrogen and oxygen atoms in total. The first kappa shape index (κ1) is 28.2. The Labute approximate surface area is 287 Å². The molecule has 0 aliphatic heterocycles. The summed E-state index contributed by atoms with van der Waals surface area (Å²) in [5.74, 6) is 0.629. The number of hydrogen-bond donors (Lipinski definition) is 0. The second-order valence-electron chi connectivity index (χ2n) is 12.4. The van der Waals surface area contributed by atoms with E-state index in [-0.39, 0.29) is 0 Å². The number of nitrogens with zero attached hydrogens (tertiary/aromatic N) is 3. The van der Waals surface area contributed by atoms with Crippen molar-refractivity contribution in [2.24, 2.45) is 0 Å². The summed E-state index contributed by atoms with van der Waals surface area (Å²) in [6, 6.07) is 51.7. The lowest BCUT2D eigenvalue weighted by Crippen LogP contribution is -1.98. The van der Waals surface area contributed by atoms with E-state index in [1.54, 1.807) is 6.20 Å². The highest BCUT2D eigenvalue weighted by molar-refractivity contribution is 6.17. The Hall–Kier alpha value is -6.85. The highest BCUT2D eigenvalue weighted by Gasteiger charge is 2.21. The van der Waals surface area contributed by atoms with Crippen LogP contribution in [0.15, 0.2) is 173 Å². The van der Waals surface area contributed by atoms with Crippen molar-refractivity contribution in [3.8, 4) is 56.2 Å². The van der Waals surface area contributed by atoms with Crippen molar-refractivity contribution in [2.75, 3.05) is 0 Å². The summed E-state index contributed by atoms with van der Waals surface area (Å²) in [4.78, 5) is 14.8. The standard InChI is InChI=1S/C45H27N3O2/c1-2-11-28(12-3-1)38-26-39(48-45(47-38)35-16-5-4-14-31(35)30-13-10-24-46-27-30)36-23-22-32(43-37-17-7-9-19-41(37)50-44(36)43)29-20-21-34-33-15-6-8-18-40(33)49-42(34)25-29/h1-27H. The molecule has 0 saturated heterocycles. The molecule has 0 unspecified atom stereocenters. The number of aromatic nitrogens is 3. The van der Waals surface area contributed by atoms with Gasteiger partial charge in [-0.15, -0.1) is 0 Å². The van der Waals surface area contributed by atoms with Crippen molar-refractivity contribution in [2.45, 2.75) is 0 Å². The van der Waals surface area contributed by atoms with Gasteiger partial charge in [0.15, 0.2) is 5.82 Å². The van der Waals surface area contributed by atoms with Crippen LogP contribution in [-0.4, -0.2) is 15.0 Å². The van der Waals surface area contributed by atoms with E-state index < -0.39 is 0 Å². The highest BCUT2D eigenvalue weighted by Crippen LogP contribution is 2.43. The predicted octanol–water partition coefficient (Wildman–Crippen LogP) is 12.0. The van der Waals surface area contributed by atoms with Gasteiger partial charge in [0.05, 0.1) is 11.4 Å². The number of para-hydroxylation sites is 2. The van der Waals surface area contributed by atoms with Crippen molar-refractivity contribution < 1.29 is 8.83 Å². The number of pyridine rings is 1. The lowest BCUT2D eigenvalue weighted by atomic mass is 9.95. The van der Waals surface area contributed by atoms with Crippen LogP contribution in [0, 0.1) is 0 Å². The number of benzene rings is 6. The minimum Gasteiger partial charge on any atom is -0.456 e. The molecule has 0 aliphatic rings. The molecular formula is C45H27N3O2. The number of hydrogen-bond acceptors (Lipinski definition) is 5. The molecular weight excluding hydrogens is 615 g/mol. The molecule has 0 atom stereocenters. The summed E-state index contributed by atoms with van der Waals surface area (Å²) < 4.78 is 13.0. The van der Waals surface area contributed by atoms with Crippen LogP contribution in [0.5, 0.6) is 0 Å². The molecule has 0 spiro atoms. The summed E-state index contributed by atoms with van der Waals surface area (Å²) in [5, 5.41) is 4.29. The van der Waals surface area contributed by atoms with Crippen LogP contribution in [0.1, 0.15) is 0 Å². The number of furan rings is 2. The van der Waals surface area contributed by atoms with Gasteiger partial charge in [0, 0.05) is 56.2 Å². The first-order valence-electron chi connectivity index (χ1n) is 16.6. The van der Waals surface area contributed by atoms with Crippen LogP contribution in [0.25, 0.3) is 100 Å². The minimum atomic E-state index is 0.629. The average Bonchev–Trinajstić information content (AvgIpc) is 3.77. The molecule has 0 amide bonds. The summed E-state index contributed by atoms with van der Waals surface area (Å²) >= 11 is 0. The quantitative estimate of drug-likeness (QED) is 0.187. The first-order chi connectivity index (χ1) is 24.8. The van der Waals surface area contributed by atoms with Gasteiger partial charge in [-0.2, -0.15) is 0 Å². The minimum absolute atomic E-state index is 0.629. The zero-order valence-electron chi connectivity index (χ0n) is 26.7. The van der Waals surface area contributed by atoms with Crippen molar-refractivity contribution in [3.05, 3.63) is 164 Å². The Morgan fingerprint density at radius 3 is 1.92 bits per heavy atom. The lowest BCUT2D eigenvalue weighted by Gasteiger charge is -2.13. The second kappa shape index (κ2) is 11.4. The molecule has 0 radical (unpaired) electrons. The van der Waals surface area contributed by atoms with Crippen LogP contribution in [0.4, 0.5) is 0 Å². The van der Waals surface area contributed by atoms with Crippen LogP contribution in [0.2, 0.25) is 0 Å². The summed E-state index contributed by atoms with van der Waals surface area (Å²) in [7, 11) is 0. The number of rotatable bonds is 5. The van der Waals surface area contributed by atoms with Crippen molar-refractivity contribution in [1.29, 1.82) is 0 Å². The van der Waals surface area contributed by atoms with Crippen LogP contribution in [-0.2, 0) is 0 Å². The third-order valence-corrected chi connectivity index (χ3v) is 9.43. The van der Waals surface area contributed by atoms with Gasteiger partial charge in [0.2, 0.25) is 0 Å². The molecule has 0 N–H and O–H groups in total. The zero-order chi connectivity index (χ0) is 33.0. The Balaban J connectivity index is 1.22. The van der Waals surface area contributed by atoms with Crippen molar-refractivity contribution in [3.63, 3.8) is 0 Å². The second-order valence-corrected chi connectivity index (χ2v) is 12.4. The normalized spacial score (nSPS) is 11.6. The fourth-order valence-corrected chi connectivity index (χ4v) is 7.08. The molecule has 0 bridgehead atoms. The molecule has 10 aromatic rings. The third kappa shape index (κ3) is 4.60. The predicted molar refractivity (Wildman–Crippen MR) is 202 cm³/mol. The molecule has 5 heteroatoms. The van der Waals surface area contributed by atoms with Gasteiger partial charge in [-0.05, 0) is 59.2 Å². The fourth-order valence-electron chi connectivity index (χ4n) is 7.08. The Morgan fingerprint density at radius 2 is 1.08 bits per heavy atom. The summed E-state index contributed by atoms with van der Waals surface area (Å²) in [5.41, 5.74) is 11.9. The Kier molecular flexibility index (Phi) is 6.42. The van der Waals surface area contributed by atoms with E-state index in [9.17, 15) is 0 Å². The largest absolute Gasteiger partial charge is 0.456 e. The van der Waals surface area contributed by atoms with Crippen molar-refractivity contribution >= 4 is 43.9 Å². The van der Waals surface area contributed by atoms with Gasteiger partial charge in [-0.3, -0.25) is 4.98 Å². The molecule has 4 aromatic heterocycles. The van der Waals surface area contributed by atoms with E-state index >= 15 is 0 Å². The van der Waals surface area contributed by atoms with Gasteiger partial charge >= 0.3 is 0 Å². The maximum atomic E-state index is 6.73. The molecule has 0 aliphatic carbocycles. The van der Waals surface area contributed by atoms with Crippen LogP contribution in [0.3, 0.4) is 0 Å². The van der Waals surface area contributed by atoms with Gasteiger partial charge in [0.1, 0.15) is 22.3 Å². The highest BCUT2D eigenvalue weighted by atomic mass is 16.3. The summed E-state index contributed by atoms with van der Waals surface area (Å²) in [6.45, 7) is 0. The average molecular weight is 642 g/mol. The maximum Gasteiger partial charge on any atom is 0.161 e. The zero-order valence-corrected chi connectivity index (χ0v) is 26.7. The van der Waals surface area contributed by atoms with E-state index in [1.807, 2.05) is 72.9 Å². The molecule has 10 rings (SSSR count). The van der Waals surface area contributed by atoms with Gasteiger partial charge < -0.3 is 8.83 Å². The van der Waals surface area contributed by atoms with Crippen LogP contribution >= 0.6 is 0 Å². The molecule has 4 heterocycles. The molecule has 50 heavy (non-hydrogen) atoms. The van der Waals surface area contributed by atoms with E-state index in [0.717, 1.165) is 94.2 Å². The molecule has 0 saturated carbocycles. The molecule has 234 valence electrons. The lowest BCUT2D eigenvalue weighted by molar-refractivity contribution is 0.668. The molecule has 0 fully saturated rings. The number of fused-ring (bicyclic) bond motifs is 6. The van der Waals surface area contributed by atoms with Crippen molar-refractivity contribution in [1.82, 2.24) is 15.0 Å². The fraction of sp³-hybridized carbons (Fsp3) is 0. The van der Waals surface area contributed by atoms with E-state index in [1.165, 1.54) is 0 Å². The first-order valence-corrected chi connectivity index (χ1v) is 16.6. The Morgan fingerprint density at radius 1 is 0.400 bits per heavy atom. The van der Waals surface area contributed by atoms with Gasteiger partial charge in [-0.25, -0.2) is 9.97 Å². The third-order valence-electron chi connectivity index (χ3n) is 9.43. The van der Waals surface area contributed by atoms with E-state index in [4.69, 9.17) is 18.8 Å². The smallest absolute Gasteiger partial charge is 0.161 e. The SMILES string of the molecule is c1ccc(-c2cc(-c3ccc(-c4ccc5c(c4)oc4ccccc45)c4c3oc3ccccc34)nc(-c3ccccc3-c3cccnc3)n2)cc1. The Bertz CT molecular complexity index is 2870. The van der Waals surface area contributed by atoms with Gasteiger partial charge in [-0.1, -0.05) is 109 Å². The van der Waals surface area contributed by atoms with E-state index in [0.29, 0.717) is 5.82 Å². The molecule has 6 aromatic carbocycles. The van der Waals surface area contributed by atoms with Gasteiger partial charge in [0.25, 0.3) is 0 Å². The topological polar surface area (TPSA) is 65.0 Å². The monoisotopic (exact) mass is 641 g/mol. The van der Waals surface area contributed by atoms with E-state index in [2.05, 4.69) is 89.9 Å². The summed E-state index contributed by atoms with van der Waals surface area (Å²) in [6.07, 6.45) is 3.66. The maximum absolute atomic E-state index is 6.73. The van der Waals surface area contributed by atoms with Crippen LogP contribution < -0.4 is 0 Å².